The van der Waals surface area contributed by atoms with Gasteiger partial charge in [-0.1, -0.05) is 6.07 Å². The molecular formula is C22H22N4O5S. The first-order valence-corrected chi connectivity index (χ1v) is 11.0. The molecule has 2 atom stereocenters. The molecule has 0 fully saturated rings. The van der Waals surface area contributed by atoms with Gasteiger partial charge in [-0.25, -0.2) is 4.63 Å². The number of ether oxygens (including phenoxy) is 3. The second-order valence-electron chi connectivity index (χ2n) is 7.52. The second-order valence-corrected chi connectivity index (χ2v) is 8.50. The van der Waals surface area contributed by atoms with E-state index in [9.17, 15) is 4.79 Å². The predicted octanol–water partition coefficient (Wildman–Crippen LogP) is 4.14. The van der Waals surface area contributed by atoms with Crippen molar-refractivity contribution in [1.29, 1.82) is 0 Å². The number of methoxy groups -OCH3 is 3. The van der Waals surface area contributed by atoms with E-state index in [2.05, 4.69) is 27.0 Å². The van der Waals surface area contributed by atoms with Crippen LogP contribution in [0.1, 0.15) is 35.2 Å². The zero-order chi connectivity index (χ0) is 22.2. The highest BCUT2D eigenvalue weighted by Gasteiger charge is 2.39. The molecule has 1 aromatic carbocycles. The normalized spacial score (nSPS) is 19.9. The summed E-state index contributed by atoms with van der Waals surface area (Å²) in [7, 11) is 4.67. The molecule has 2 N–H and O–H groups in total. The summed E-state index contributed by atoms with van der Waals surface area (Å²) in [6.07, 6.45) is 1.09. The van der Waals surface area contributed by atoms with E-state index in [1.54, 1.807) is 38.7 Å². The summed E-state index contributed by atoms with van der Waals surface area (Å²) in [5.74, 6) is 2.47. The topological polar surface area (TPSA) is 108 Å². The maximum Gasteiger partial charge on any atom is 0.219 e. The maximum absolute atomic E-state index is 13.5. The van der Waals surface area contributed by atoms with Crippen LogP contribution in [0.4, 0.5) is 11.6 Å². The molecule has 1 aliphatic carbocycles. The number of fused-ring (bicyclic) bond motifs is 1. The number of carbonyl (C=O) groups is 1. The first-order valence-electron chi connectivity index (χ1n) is 10.1. The second kappa shape index (κ2) is 8.19. The third-order valence-electron chi connectivity index (χ3n) is 5.83. The standard InChI is InChI=1S/C22H22N4O5S/c1-28-15-7-6-12(19(29-2)20(15)30-3)18-17-13(23-21-22(24-18)26-31-25-21)9-11(10-14(17)27)16-5-4-8-32-16/h4-8,11,18H,9-10H2,1-3H3,(H,23,25)(H,24,26). The summed E-state index contributed by atoms with van der Waals surface area (Å²) in [5.41, 5.74) is 2.14. The molecule has 166 valence electrons. The Kier molecular flexibility index (Phi) is 5.22. The van der Waals surface area contributed by atoms with Crippen molar-refractivity contribution in [2.75, 3.05) is 32.0 Å². The molecule has 1 aliphatic heterocycles. The lowest BCUT2D eigenvalue weighted by molar-refractivity contribution is -0.116. The Balaban J connectivity index is 1.66. The summed E-state index contributed by atoms with van der Waals surface area (Å²) in [5, 5.41) is 16.6. The number of carbonyl (C=O) groups excluding carboxylic acids is 1. The van der Waals surface area contributed by atoms with Gasteiger partial charge in [0, 0.05) is 34.0 Å². The van der Waals surface area contributed by atoms with Gasteiger partial charge >= 0.3 is 0 Å². The zero-order valence-electron chi connectivity index (χ0n) is 17.8. The van der Waals surface area contributed by atoms with Gasteiger partial charge in [-0.15, -0.1) is 11.3 Å². The van der Waals surface area contributed by atoms with Crippen molar-refractivity contribution in [2.24, 2.45) is 0 Å². The third-order valence-corrected chi connectivity index (χ3v) is 6.86. The molecule has 0 spiro atoms. The first kappa shape index (κ1) is 20.4. The minimum Gasteiger partial charge on any atom is -0.493 e. The van der Waals surface area contributed by atoms with Crippen molar-refractivity contribution in [3.63, 3.8) is 0 Å². The molecule has 5 rings (SSSR count). The highest BCUT2D eigenvalue weighted by atomic mass is 32.1. The summed E-state index contributed by atoms with van der Waals surface area (Å²) in [6, 6.07) is 7.19. The number of benzene rings is 1. The van der Waals surface area contributed by atoms with E-state index < -0.39 is 6.04 Å². The Labute approximate surface area is 188 Å². The Morgan fingerprint density at radius 1 is 1.03 bits per heavy atom. The molecule has 0 saturated heterocycles. The van der Waals surface area contributed by atoms with Crippen LogP contribution in [0, 0.1) is 0 Å². The number of rotatable bonds is 5. The van der Waals surface area contributed by atoms with Gasteiger partial charge in [-0.05, 0) is 40.3 Å². The average molecular weight is 455 g/mol. The smallest absolute Gasteiger partial charge is 0.219 e. The van der Waals surface area contributed by atoms with Crippen LogP contribution in [0.3, 0.4) is 0 Å². The van der Waals surface area contributed by atoms with Gasteiger partial charge in [0.2, 0.25) is 17.4 Å². The minimum atomic E-state index is -0.544. The lowest BCUT2D eigenvalue weighted by Crippen LogP contribution is -2.27. The lowest BCUT2D eigenvalue weighted by Gasteiger charge is -2.30. The van der Waals surface area contributed by atoms with Crippen molar-refractivity contribution in [3.8, 4) is 17.2 Å². The summed E-state index contributed by atoms with van der Waals surface area (Å²) >= 11 is 1.66. The number of hydrogen-bond acceptors (Lipinski definition) is 10. The molecule has 0 bridgehead atoms. The van der Waals surface area contributed by atoms with Gasteiger partial charge in [0.1, 0.15) is 0 Å². The Morgan fingerprint density at radius 2 is 1.84 bits per heavy atom. The van der Waals surface area contributed by atoms with E-state index >= 15 is 0 Å². The summed E-state index contributed by atoms with van der Waals surface area (Å²) in [4.78, 5) is 14.7. The monoisotopic (exact) mass is 454 g/mol. The van der Waals surface area contributed by atoms with E-state index in [1.807, 2.05) is 17.5 Å². The van der Waals surface area contributed by atoms with Gasteiger partial charge in [0.05, 0.1) is 27.4 Å². The quantitative estimate of drug-likeness (QED) is 0.588. The van der Waals surface area contributed by atoms with Crippen LogP contribution in [-0.4, -0.2) is 37.4 Å². The molecule has 3 heterocycles. The molecule has 32 heavy (non-hydrogen) atoms. The van der Waals surface area contributed by atoms with E-state index in [1.165, 1.54) is 4.88 Å². The van der Waals surface area contributed by atoms with Crippen molar-refractivity contribution in [2.45, 2.75) is 24.8 Å². The Morgan fingerprint density at radius 3 is 2.56 bits per heavy atom. The Hall–Kier alpha value is -3.53. The number of Topliss-reactive ketones (excluding diaryl/α,β-unsaturated/α-hetero) is 1. The van der Waals surface area contributed by atoms with Gasteiger partial charge in [0.25, 0.3) is 0 Å². The summed E-state index contributed by atoms with van der Waals surface area (Å²) < 4.78 is 21.6. The van der Waals surface area contributed by atoms with Crippen molar-refractivity contribution < 1.29 is 23.6 Å². The number of allylic oxidation sites excluding steroid dienone is 1. The maximum atomic E-state index is 13.5. The van der Waals surface area contributed by atoms with Crippen molar-refractivity contribution in [1.82, 2.24) is 10.3 Å². The zero-order valence-corrected chi connectivity index (χ0v) is 18.6. The van der Waals surface area contributed by atoms with Crippen LogP contribution < -0.4 is 24.8 Å². The highest BCUT2D eigenvalue weighted by molar-refractivity contribution is 7.10. The van der Waals surface area contributed by atoms with Crippen molar-refractivity contribution in [3.05, 3.63) is 51.4 Å². The van der Waals surface area contributed by atoms with Gasteiger partial charge in [-0.2, -0.15) is 0 Å². The van der Waals surface area contributed by atoms with E-state index in [-0.39, 0.29) is 11.7 Å². The van der Waals surface area contributed by atoms with Gasteiger partial charge in [0.15, 0.2) is 17.3 Å². The molecule has 0 amide bonds. The number of nitrogens with one attached hydrogen (secondary N) is 2. The number of thiophene rings is 1. The molecule has 3 aromatic rings. The van der Waals surface area contributed by atoms with E-state index in [0.29, 0.717) is 47.3 Å². The number of anilines is 2. The first-order chi connectivity index (χ1) is 15.6. The van der Waals surface area contributed by atoms with Gasteiger partial charge < -0.3 is 24.8 Å². The largest absolute Gasteiger partial charge is 0.493 e. The predicted molar refractivity (Wildman–Crippen MR) is 119 cm³/mol. The lowest BCUT2D eigenvalue weighted by atomic mass is 9.80. The van der Waals surface area contributed by atoms with Crippen LogP contribution in [0.5, 0.6) is 17.2 Å². The van der Waals surface area contributed by atoms with Crippen LogP contribution in [-0.2, 0) is 4.79 Å². The number of hydrogen-bond donors (Lipinski definition) is 2. The Bertz CT molecular complexity index is 1190. The number of nitrogens with zero attached hydrogens (tertiary/aromatic N) is 2. The van der Waals surface area contributed by atoms with Crippen LogP contribution in [0.25, 0.3) is 0 Å². The molecule has 2 aromatic heterocycles. The molecule has 10 heteroatoms. The summed E-state index contributed by atoms with van der Waals surface area (Å²) in [6.45, 7) is 0. The van der Waals surface area contributed by atoms with Crippen LogP contribution >= 0.6 is 11.3 Å². The fourth-order valence-corrected chi connectivity index (χ4v) is 5.24. The molecule has 0 radical (unpaired) electrons. The SMILES string of the molecule is COc1ccc(C2Nc3nonc3NC3=C2C(=O)CC(c2cccs2)C3)c(OC)c1OC. The molecule has 9 nitrogen and oxygen atoms in total. The molecule has 2 unspecified atom stereocenters. The van der Waals surface area contributed by atoms with Crippen LogP contribution in [0.15, 0.2) is 45.5 Å². The van der Waals surface area contributed by atoms with E-state index in [4.69, 9.17) is 18.8 Å². The van der Waals surface area contributed by atoms with Crippen LogP contribution in [0.2, 0.25) is 0 Å². The average Bonchev–Trinajstić information content (AvgIpc) is 3.47. The molecule has 0 saturated carbocycles. The fraction of sp³-hybridized carbons (Fsp3) is 0.318. The number of ketones is 1. The van der Waals surface area contributed by atoms with Crippen molar-refractivity contribution >= 4 is 28.8 Å². The minimum absolute atomic E-state index is 0.0496. The van der Waals surface area contributed by atoms with Gasteiger partial charge in [-0.3, -0.25) is 4.79 Å². The molecular weight excluding hydrogens is 432 g/mol. The number of aromatic nitrogens is 2. The fourth-order valence-electron chi connectivity index (χ4n) is 4.41. The molecule has 2 aliphatic rings. The third kappa shape index (κ3) is 3.27. The van der Waals surface area contributed by atoms with E-state index in [0.717, 1.165) is 11.3 Å². The highest BCUT2D eigenvalue weighted by Crippen LogP contribution is 2.49.